The molecule has 0 aliphatic rings. The van der Waals surface area contributed by atoms with Crippen molar-refractivity contribution in [2.75, 3.05) is 7.11 Å². The van der Waals surface area contributed by atoms with Gasteiger partial charge in [0.2, 0.25) is 0 Å². The van der Waals surface area contributed by atoms with Gasteiger partial charge in [0.15, 0.2) is 0 Å². The maximum Gasteiger partial charge on any atom is 0.375 e. The number of hydrogen-bond donors (Lipinski definition) is 2. The molecule has 0 radical (unpaired) electrons. The molecule has 0 aliphatic heterocycles. The zero-order chi connectivity index (χ0) is 11.4. The summed E-state index contributed by atoms with van der Waals surface area (Å²) >= 11 is 0. The SMILES string of the molecule is COc1ccc(C(O)C(=O)C(=O)O)cc1. The Labute approximate surface area is 85.9 Å². The lowest BCUT2D eigenvalue weighted by molar-refractivity contribution is -0.153. The zero-order valence-electron chi connectivity index (χ0n) is 8.01. The highest BCUT2D eigenvalue weighted by atomic mass is 16.5. The van der Waals surface area contributed by atoms with Crippen molar-refractivity contribution in [3.8, 4) is 5.75 Å². The lowest BCUT2D eigenvalue weighted by Gasteiger charge is -2.07. The van der Waals surface area contributed by atoms with E-state index in [0.717, 1.165) is 0 Å². The Balaban J connectivity index is 2.87. The number of carbonyl (C=O) groups excluding carboxylic acids is 1. The van der Waals surface area contributed by atoms with Crippen molar-refractivity contribution in [1.82, 2.24) is 0 Å². The molecule has 0 bridgehead atoms. The third kappa shape index (κ3) is 2.54. The summed E-state index contributed by atoms with van der Waals surface area (Å²) in [4.78, 5) is 21.2. The first-order valence-corrected chi connectivity index (χ1v) is 4.15. The van der Waals surface area contributed by atoms with Crippen molar-refractivity contribution >= 4 is 11.8 Å². The minimum Gasteiger partial charge on any atom is -0.497 e. The quantitative estimate of drug-likeness (QED) is 0.702. The van der Waals surface area contributed by atoms with Gasteiger partial charge in [-0.2, -0.15) is 0 Å². The third-order valence-electron chi connectivity index (χ3n) is 1.89. The minimum atomic E-state index is -1.65. The van der Waals surface area contributed by atoms with E-state index in [1.807, 2.05) is 0 Å². The van der Waals surface area contributed by atoms with Gasteiger partial charge in [-0.3, -0.25) is 4.79 Å². The molecular formula is C10H10O5. The Kier molecular flexibility index (Phi) is 3.41. The first kappa shape index (κ1) is 11.2. The predicted octanol–water partition coefficient (Wildman–Crippen LogP) is 0.382. The van der Waals surface area contributed by atoms with Crippen LogP contribution in [0.15, 0.2) is 24.3 Å². The van der Waals surface area contributed by atoms with Crippen molar-refractivity contribution < 1.29 is 24.5 Å². The number of methoxy groups -OCH3 is 1. The van der Waals surface area contributed by atoms with Crippen LogP contribution in [0.3, 0.4) is 0 Å². The molecule has 1 aromatic carbocycles. The Hall–Kier alpha value is -1.88. The molecule has 0 aliphatic carbocycles. The molecule has 15 heavy (non-hydrogen) atoms. The van der Waals surface area contributed by atoms with Crippen molar-refractivity contribution in [2.45, 2.75) is 6.10 Å². The number of benzene rings is 1. The first-order valence-electron chi connectivity index (χ1n) is 4.15. The largest absolute Gasteiger partial charge is 0.497 e. The smallest absolute Gasteiger partial charge is 0.375 e. The summed E-state index contributed by atoms with van der Waals surface area (Å²) in [5.41, 5.74) is 0.225. The normalized spacial score (nSPS) is 11.9. The van der Waals surface area contributed by atoms with Crippen molar-refractivity contribution in [3.63, 3.8) is 0 Å². The Morgan fingerprint density at radius 1 is 1.27 bits per heavy atom. The molecule has 0 heterocycles. The third-order valence-corrected chi connectivity index (χ3v) is 1.89. The number of Topliss-reactive ketones (excluding diaryl/α,β-unsaturated/α-hetero) is 1. The van der Waals surface area contributed by atoms with E-state index < -0.39 is 17.9 Å². The van der Waals surface area contributed by atoms with Gasteiger partial charge in [-0.25, -0.2) is 4.79 Å². The summed E-state index contributed by atoms with van der Waals surface area (Å²) in [5.74, 6) is -2.34. The predicted molar refractivity (Wildman–Crippen MR) is 50.6 cm³/mol. The van der Waals surface area contributed by atoms with Crippen molar-refractivity contribution in [1.29, 1.82) is 0 Å². The summed E-state index contributed by atoms with van der Waals surface area (Å²) in [5, 5.41) is 17.7. The number of rotatable bonds is 4. The number of ether oxygens (including phenoxy) is 1. The summed E-state index contributed by atoms with van der Waals surface area (Å²) in [6.45, 7) is 0. The zero-order valence-corrected chi connectivity index (χ0v) is 8.01. The number of aliphatic carboxylic acids is 1. The van der Waals surface area contributed by atoms with Crippen LogP contribution < -0.4 is 4.74 Å². The van der Waals surface area contributed by atoms with E-state index in [0.29, 0.717) is 5.75 Å². The molecule has 2 N–H and O–H groups in total. The second kappa shape index (κ2) is 4.56. The molecule has 1 rings (SSSR count). The first-order chi connectivity index (χ1) is 7.06. The van der Waals surface area contributed by atoms with Crippen LogP contribution in [0.4, 0.5) is 0 Å². The Morgan fingerprint density at radius 3 is 2.20 bits per heavy atom. The average molecular weight is 210 g/mol. The van der Waals surface area contributed by atoms with Crippen LogP contribution in [0.1, 0.15) is 11.7 Å². The molecule has 1 aromatic rings. The van der Waals surface area contributed by atoms with E-state index in [-0.39, 0.29) is 5.56 Å². The molecule has 0 amide bonds. The Bertz CT molecular complexity index is 368. The molecule has 5 heteroatoms. The summed E-state index contributed by atoms with van der Waals surface area (Å²) < 4.78 is 4.87. The molecule has 80 valence electrons. The molecule has 1 atom stereocenters. The van der Waals surface area contributed by atoms with E-state index in [4.69, 9.17) is 9.84 Å². The molecule has 0 fully saturated rings. The monoisotopic (exact) mass is 210 g/mol. The fourth-order valence-corrected chi connectivity index (χ4v) is 1.05. The molecule has 0 aromatic heterocycles. The Morgan fingerprint density at radius 2 is 1.80 bits per heavy atom. The topological polar surface area (TPSA) is 83.8 Å². The van der Waals surface area contributed by atoms with Crippen LogP contribution >= 0.6 is 0 Å². The van der Waals surface area contributed by atoms with Crippen LogP contribution in [0.5, 0.6) is 5.75 Å². The summed E-state index contributed by atoms with van der Waals surface area (Å²) in [6.07, 6.45) is -1.63. The van der Waals surface area contributed by atoms with Gasteiger partial charge in [-0.15, -0.1) is 0 Å². The van der Waals surface area contributed by atoms with Crippen LogP contribution in [0.2, 0.25) is 0 Å². The lowest BCUT2D eigenvalue weighted by Crippen LogP contribution is -2.21. The molecular weight excluding hydrogens is 200 g/mol. The molecule has 0 saturated carbocycles. The average Bonchev–Trinajstić information content (AvgIpc) is 2.27. The van der Waals surface area contributed by atoms with Gasteiger partial charge < -0.3 is 14.9 Å². The van der Waals surface area contributed by atoms with Gasteiger partial charge in [0.05, 0.1) is 7.11 Å². The summed E-state index contributed by atoms with van der Waals surface area (Å²) in [6, 6.07) is 5.94. The van der Waals surface area contributed by atoms with E-state index in [2.05, 4.69) is 0 Å². The van der Waals surface area contributed by atoms with Crippen LogP contribution in [-0.4, -0.2) is 29.1 Å². The van der Waals surface area contributed by atoms with Gasteiger partial charge in [-0.1, -0.05) is 12.1 Å². The molecule has 1 unspecified atom stereocenters. The standard InChI is InChI=1S/C10H10O5/c1-15-7-4-2-6(3-5-7)8(11)9(12)10(13)14/h2-5,8,11H,1H3,(H,13,14). The highest BCUT2D eigenvalue weighted by Crippen LogP contribution is 2.18. The lowest BCUT2D eigenvalue weighted by atomic mass is 10.1. The summed E-state index contributed by atoms with van der Waals surface area (Å²) in [7, 11) is 1.48. The number of aliphatic hydroxyl groups is 1. The van der Waals surface area contributed by atoms with Crippen LogP contribution in [-0.2, 0) is 9.59 Å². The highest BCUT2D eigenvalue weighted by Gasteiger charge is 2.23. The van der Waals surface area contributed by atoms with E-state index in [1.165, 1.54) is 31.4 Å². The fourth-order valence-electron chi connectivity index (χ4n) is 1.05. The van der Waals surface area contributed by atoms with Gasteiger partial charge >= 0.3 is 5.97 Å². The van der Waals surface area contributed by atoms with Gasteiger partial charge in [0.25, 0.3) is 5.78 Å². The second-order valence-corrected chi connectivity index (χ2v) is 2.85. The maximum absolute atomic E-state index is 10.9. The van der Waals surface area contributed by atoms with Gasteiger partial charge in [0.1, 0.15) is 11.9 Å². The number of ketones is 1. The number of carboxylic acid groups (broad SMARTS) is 1. The van der Waals surface area contributed by atoms with Gasteiger partial charge in [0, 0.05) is 0 Å². The van der Waals surface area contributed by atoms with Crippen molar-refractivity contribution in [3.05, 3.63) is 29.8 Å². The minimum absolute atomic E-state index is 0.225. The number of hydrogen-bond acceptors (Lipinski definition) is 4. The van der Waals surface area contributed by atoms with Crippen LogP contribution in [0, 0.1) is 0 Å². The van der Waals surface area contributed by atoms with E-state index in [1.54, 1.807) is 0 Å². The number of carboxylic acids is 1. The van der Waals surface area contributed by atoms with E-state index >= 15 is 0 Å². The van der Waals surface area contributed by atoms with Crippen molar-refractivity contribution in [2.24, 2.45) is 0 Å². The second-order valence-electron chi connectivity index (χ2n) is 2.85. The van der Waals surface area contributed by atoms with Crippen LogP contribution in [0.25, 0.3) is 0 Å². The molecule has 0 saturated heterocycles. The van der Waals surface area contributed by atoms with E-state index in [9.17, 15) is 14.7 Å². The maximum atomic E-state index is 10.9. The highest BCUT2D eigenvalue weighted by molar-refractivity contribution is 6.34. The number of carbonyl (C=O) groups is 2. The number of aliphatic hydroxyl groups excluding tert-OH is 1. The van der Waals surface area contributed by atoms with Gasteiger partial charge in [-0.05, 0) is 17.7 Å². The fraction of sp³-hybridized carbons (Fsp3) is 0.200. The molecule has 0 spiro atoms. The molecule has 5 nitrogen and oxygen atoms in total.